The lowest BCUT2D eigenvalue weighted by atomic mass is 9.97. The number of methoxy groups -OCH3 is 1. The molecule has 0 spiro atoms. The molecule has 6 nitrogen and oxygen atoms in total. The quantitative estimate of drug-likeness (QED) is 0.403. The van der Waals surface area contributed by atoms with Gasteiger partial charge >= 0.3 is 5.97 Å². The first kappa shape index (κ1) is 9.94. The molecule has 1 amide bonds. The van der Waals surface area contributed by atoms with Crippen LogP contribution in [-0.2, 0) is 14.3 Å². The van der Waals surface area contributed by atoms with Crippen molar-refractivity contribution in [3.63, 3.8) is 0 Å². The average Bonchev–Trinajstić information content (AvgIpc) is 2.42. The van der Waals surface area contributed by atoms with Crippen LogP contribution in [0, 0.1) is 0 Å². The number of hydrogen-bond acceptors (Lipinski definition) is 4. The predicted molar refractivity (Wildman–Crippen MR) is 41.3 cm³/mol. The van der Waals surface area contributed by atoms with Crippen molar-refractivity contribution in [2.75, 3.05) is 13.7 Å². The number of nitrogens with one attached hydrogen (secondary N) is 1. The molecular weight excluding hydrogens is 176 g/mol. The number of aliphatic hydroxyl groups excluding tert-OH is 1. The van der Waals surface area contributed by atoms with Crippen molar-refractivity contribution in [2.24, 2.45) is 0 Å². The number of esters is 1. The molecule has 1 rings (SSSR count). The topological polar surface area (TPSA) is 103 Å². The van der Waals surface area contributed by atoms with Crippen molar-refractivity contribution in [1.29, 1.82) is 0 Å². The summed E-state index contributed by atoms with van der Waals surface area (Å²) in [6, 6.07) is 0. The third-order valence-electron chi connectivity index (χ3n) is 2.21. The predicted octanol–water partition coefficient (Wildman–Crippen LogP) is -2.98. The average molecular weight is 189 g/mol. The van der Waals surface area contributed by atoms with Gasteiger partial charge in [0.1, 0.15) is 12.6 Å². The van der Waals surface area contributed by atoms with Gasteiger partial charge in [0.25, 0.3) is 0 Å². The second kappa shape index (κ2) is 3.31. The van der Waals surface area contributed by atoms with E-state index in [2.05, 4.69) is 15.8 Å². The monoisotopic (exact) mass is 189 g/mol. The first-order valence-electron chi connectivity index (χ1n) is 3.93. The second-order valence-corrected chi connectivity index (χ2v) is 3.03. The standard InChI is InChI=1S/C7H12N2O4/c1-13-6(12)7(3-8)2-4(10)5(11)9-7/h4,10H,2-3,8H2,1H3,(H,9,11)/p+1/t4-,7-/m0/s1. The van der Waals surface area contributed by atoms with Crippen LogP contribution in [0.1, 0.15) is 6.42 Å². The zero-order valence-electron chi connectivity index (χ0n) is 7.37. The van der Waals surface area contributed by atoms with E-state index in [0.717, 1.165) is 0 Å². The van der Waals surface area contributed by atoms with Gasteiger partial charge in [-0.05, 0) is 0 Å². The van der Waals surface area contributed by atoms with Gasteiger partial charge in [-0.3, -0.25) is 4.79 Å². The summed E-state index contributed by atoms with van der Waals surface area (Å²) >= 11 is 0. The van der Waals surface area contributed by atoms with E-state index >= 15 is 0 Å². The molecule has 1 saturated heterocycles. The van der Waals surface area contributed by atoms with Crippen molar-refractivity contribution in [2.45, 2.75) is 18.1 Å². The van der Waals surface area contributed by atoms with E-state index in [4.69, 9.17) is 5.11 Å². The van der Waals surface area contributed by atoms with Crippen LogP contribution in [0.3, 0.4) is 0 Å². The number of carbonyl (C=O) groups excluding carboxylic acids is 2. The van der Waals surface area contributed by atoms with E-state index in [9.17, 15) is 9.59 Å². The van der Waals surface area contributed by atoms with E-state index in [1.165, 1.54) is 7.11 Å². The third-order valence-corrected chi connectivity index (χ3v) is 2.21. The number of amides is 1. The van der Waals surface area contributed by atoms with E-state index in [-0.39, 0.29) is 13.0 Å². The number of ether oxygens (including phenoxy) is 1. The maximum atomic E-state index is 11.3. The van der Waals surface area contributed by atoms with Crippen LogP contribution in [0.15, 0.2) is 0 Å². The highest BCUT2D eigenvalue weighted by atomic mass is 16.5. The van der Waals surface area contributed by atoms with Crippen LogP contribution in [-0.4, -0.2) is 42.3 Å². The maximum absolute atomic E-state index is 11.3. The molecule has 0 saturated carbocycles. The normalized spacial score (nSPS) is 32.8. The lowest BCUT2D eigenvalue weighted by molar-refractivity contribution is -0.380. The van der Waals surface area contributed by atoms with Gasteiger partial charge in [0, 0.05) is 6.42 Å². The maximum Gasteiger partial charge on any atom is 0.337 e. The highest BCUT2D eigenvalue weighted by Crippen LogP contribution is 2.20. The van der Waals surface area contributed by atoms with Crippen LogP contribution in [0.2, 0.25) is 0 Å². The van der Waals surface area contributed by atoms with E-state index in [1.54, 1.807) is 0 Å². The molecule has 2 atom stereocenters. The minimum absolute atomic E-state index is 0.0298. The fourth-order valence-electron chi connectivity index (χ4n) is 1.39. The van der Waals surface area contributed by atoms with E-state index < -0.39 is 23.5 Å². The molecular formula is C7H13N2O4+. The fraction of sp³-hybridized carbons (Fsp3) is 0.714. The Morgan fingerprint density at radius 2 is 2.54 bits per heavy atom. The molecule has 5 N–H and O–H groups in total. The molecule has 13 heavy (non-hydrogen) atoms. The molecule has 0 aliphatic carbocycles. The van der Waals surface area contributed by atoms with Gasteiger partial charge < -0.3 is 20.9 Å². The van der Waals surface area contributed by atoms with Crippen LogP contribution in [0.5, 0.6) is 0 Å². The molecule has 0 radical (unpaired) electrons. The second-order valence-electron chi connectivity index (χ2n) is 3.03. The number of aliphatic hydroxyl groups is 1. The SMILES string of the molecule is COC(=O)[C@@]1(C[NH3+])C[C@H](O)C(=O)N1. The Balaban J connectivity index is 2.85. The van der Waals surface area contributed by atoms with Crippen LogP contribution < -0.4 is 11.1 Å². The van der Waals surface area contributed by atoms with Crippen LogP contribution >= 0.6 is 0 Å². The summed E-state index contributed by atoms with van der Waals surface area (Å²) in [4.78, 5) is 22.2. The highest BCUT2D eigenvalue weighted by molar-refractivity contribution is 5.94. The van der Waals surface area contributed by atoms with Gasteiger partial charge in [0.2, 0.25) is 5.91 Å². The third kappa shape index (κ3) is 1.50. The summed E-state index contributed by atoms with van der Waals surface area (Å²) in [6.07, 6.45) is -1.11. The van der Waals surface area contributed by atoms with Crippen molar-refractivity contribution in [3.8, 4) is 0 Å². The van der Waals surface area contributed by atoms with Crippen LogP contribution in [0.25, 0.3) is 0 Å². The van der Waals surface area contributed by atoms with Gasteiger partial charge in [-0.25, -0.2) is 4.79 Å². The number of hydrogen-bond donors (Lipinski definition) is 3. The molecule has 1 fully saturated rings. The lowest BCUT2D eigenvalue weighted by Crippen LogP contribution is -2.68. The first-order valence-corrected chi connectivity index (χ1v) is 3.93. The Bertz CT molecular complexity index is 243. The van der Waals surface area contributed by atoms with Crippen molar-refractivity contribution in [3.05, 3.63) is 0 Å². The molecule has 1 aliphatic heterocycles. The summed E-state index contributed by atoms with van der Waals surface area (Å²) < 4.78 is 4.52. The summed E-state index contributed by atoms with van der Waals surface area (Å²) in [5.41, 5.74) is 2.42. The Morgan fingerprint density at radius 1 is 1.92 bits per heavy atom. The van der Waals surface area contributed by atoms with Gasteiger partial charge in [-0.1, -0.05) is 0 Å². The number of rotatable bonds is 2. The molecule has 6 heteroatoms. The highest BCUT2D eigenvalue weighted by Gasteiger charge is 2.51. The van der Waals surface area contributed by atoms with Crippen molar-refractivity contribution < 1.29 is 25.2 Å². The molecule has 74 valence electrons. The number of carbonyl (C=O) groups is 2. The van der Waals surface area contributed by atoms with Crippen molar-refractivity contribution in [1.82, 2.24) is 5.32 Å². The zero-order chi connectivity index (χ0) is 10.1. The fourth-order valence-corrected chi connectivity index (χ4v) is 1.39. The smallest absolute Gasteiger partial charge is 0.337 e. The molecule has 0 aromatic carbocycles. The van der Waals surface area contributed by atoms with Gasteiger partial charge in [-0.2, -0.15) is 0 Å². The van der Waals surface area contributed by atoms with Crippen LogP contribution in [0.4, 0.5) is 0 Å². The molecule has 0 bridgehead atoms. The van der Waals surface area contributed by atoms with E-state index in [0.29, 0.717) is 0 Å². The minimum Gasteiger partial charge on any atom is -0.467 e. The van der Waals surface area contributed by atoms with Gasteiger partial charge in [-0.15, -0.1) is 0 Å². The van der Waals surface area contributed by atoms with E-state index in [1.807, 2.05) is 0 Å². The first-order chi connectivity index (χ1) is 6.05. The molecule has 0 unspecified atom stereocenters. The molecule has 1 heterocycles. The lowest BCUT2D eigenvalue weighted by Gasteiger charge is -2.21. The summed E-state index contributed by atoms with van der Waals surface area (Å²) in [5.74, 6) is -1.11. The summed E-state index contributed by atoms with van der Waals surface area (Å²) in [6.45, 7) is 0.169. The Labute approximate surface area is 75.0 Å². The van der Waals surface area contributed by atoms with Gasteiger partial charge in [0.15, 0.2) is 5.54 Å². The summed E-state index contributed by atoms with van der Waals surface area (Å²) in [7, 11) is 1.23. The molecule has 0 aromatic rings. The van der Waals surface area contributed by atoms with Gasteiger partial charge in [0.05, 0.1) is 7.11 Å². The summed E-state index contributed by atoms with van der Waals surface area (Å²) in [5, 5.41) is 11.6. The minimum atomic E-state index is -1.14. The van der Waals surface area contributed by atoms with Crippen molar-refractivity contribution >= 4 is 11.9 Å². The molecule has 1 aliphatic rings. The Morgan fingerprint density at radius 3 is 2.85 bits per heavy atom. The largest absolute Gasteiger partial charge is 0.467 e. The zero-order valence-corrected chi connectivity index (χ0v) is 7.37. The Hall–Kier alpha value is -1.14. The molecule has 0 aromatic heterocycles. The Kier molecular flexibility index (Phi) is 2.53. The number of quaternary nitrogens is 1.